The zero-order valence-corrected chi connectivity index (χ0v) is 14.5. The number of rotatable bonds is 3. The molecule has 8 heteroatoms. The van der Waals surface area contributed by atoms with Gasteiger partial charge in [-0.1, -0.05) is 5.16 Å². The first kappa shape index (κ1) is 14.9. The van der Waals surface area contributed by atoms with Crippen LogP contribution in [-0.4, -0.2) is 44.2 Å². The summed E-state index contributed by atoms with van der Waals surface area (Å²) in [6, 6.07) is 0. The van der Waals surface area contributed by atoms with Gasteiger partial charge in [-0.05, 0) is 48.5 Å². The lowest BCUT2D eigenvalue weighted by Gasteiger charge is -2.29. The highest BCUT2D eigenvalue weighted by molar-refractivity contribution is 9.10. The molecule has 1 saturated carbocycles. The van der Waals surface area contributed by atoms with Crippen LogP contribution in [0.3, 0.4) is 0 Å². The number of H-pyrrole nitrogens is 1. The first-order chi connectivity index (χ1) is 11.1. The number of aromatic amines is 1. The second-order valence-corrected chi connectivity index (χ2v) is 7.11. The van der Waals surface area contributed by atoms with E-state index in [4.69, 9.17) is 4.52 Å². The molecule has 0 bridgehead atoms. The molecule has 2 aromatic heterocycles. The molecule has 2 aromatic rings. The lowest BCUT2D eigenvalue weighted by molar-refractivity contribution is 0.0697. The summed E-state index contributed by atoms with van der Waals surface area (Å²) in [5, 5.41) is 11.1. The monoisotopic (exact) mass is 379 g/mol. The number of hydrogen-bond acceptors (Lipinski definition) is 5. The molecule has 1 saturated heterocycles. The third kappa shape index (κ3) is 2.80. The highest BCUT2D eigenvalue weighted by atomic mass is 79.9. The van der Waals surface area contributed by atoms with E-state index in [1.165, 1.54) is 12.8 Å². The summed E-state index contributed by atoms with van der Waals surface area (Å²) in [5.41, 5.74) is 1.56. The van der Waals surface area contributed by atoms with Crippen molar-refractivity contribution in [3.05, 3.63) is 27.6 Å². The largest absolute Gasteiger partial charge is 0.339 e. The molecule has 0 radical (unpaired) electrons. The minimum Gasteiger partial charge on any atom is -0.339 e. The Morgan fingerprint density at radius 2 is 2.00 bits per heavy atom. The summed E-state index contributed by atoms with van der Waals surface area (Å²) in [5.74, 6) is 2.10. The molecule has 23 heavy (non-hydrogen) atoms. The molecule has 1 aliphatic carbocycles. The Labute approximate surface area is 141 Å². The summed E-state index contributed by atoms with van der Waals surface area (Å²) in [7, 11) is 0. The lowest BCUT2D eigenvalue weighted by atomic mass is 9.96. The standard InChI is InChI=1S/C15H18BrN5O2/c1-8-17-14(23-20-8)10-4-6-21(7-5-10)15(22)13-11(16)12(18-19-13)9-2-3-9/h9-10H,2-7H2,1H3,(H,18,19). The molecule has 1 N–H and O–H groups in total. The van der Waals surface area contributed by atoms with Crippen LogP contribution < -0.4 is 0 Å². The van der Waals surface area contributed by atoms with E-state index in [0.29, 0.717) is 36.4 Å². The minimum absolute atomic E-state index is 0.0137. The quantitative estimate of drug-likeness (QED) is 0.885. The Kier molecular flexibility index (Phi) is 3.71. The van der Waals surface area contributed by atoms with Crippen molar-refractivity contribution in [2.75, 3.05) is 13.1 Å². The van der Waals surface area contributed by atoms with Gasteiger partial charge in [0.2, 0.25) is 5.89 Å². The Hall–Kier alpha value is -1.70. The maximum absolute atomic E-state index is 12.7. The van der Waals surface area contributed by atoms with Crippen LogP contribution in [0.2, 0.25) is 0 Å². The molecule has 1 aliphatic heterocycles. The highest BCUT2D eigenvalue weighted by Crippen LogP contribution is 2.43. The fraction of sp³-hybridized carbons (Fsp3) is 0.600. The number of halogens is 1. The summed E-state index contributed by atoms with van der Waals surface area (Å²) >= 11 is 3.54. The zero-order valence-electron chi connectivity index (χ0n) is 12.9. The van der Waals surface area contributed by atoms with Crippen molar-refractivity contribution in [2.45, 2.75) is 44.4 Å². The molecule has 2 fully saturated rings. The van der Waals surface area contributed by atoms with E-state index in [-0.39, 0.29) is 11.8 Å². The van der Waals surface area contributed by atoms with Crippen LogP contribution in [0, 0.1) is 6.92 Å². The number of piperidine rings is 1. The Bertz CT molecular complexity index is 728. The van der Waals surface area contributed by atoms with Gasteiger partial charge >= 0.3 is 0 Å². The number of aryl methyl sites for hydroxylation is 1. The SMILES string of the molecule is Cc1noc(C2CCN(C(=O)c3n[nH]c(C4CC4)c3Br)CC2)n1. The van der Waals surface area contributed by atoms with Gasteiger partial charge in [-0.3, -0.25) is 9.89 Å². The van der Waals surface area contributed by atoms with Crippen LogP contribution in [0.5, 0.6) is 0 Å². The van der Waals surface area contributed by atoms with Crippen molar-refractivity contribution in [2.24, 2.45) is 0 Å². The van der Waals surface area contributed by atoms with E-state index < -0.39 is 0 Å². The molecule has 0 unspecified atom stereocenters. The van der Waals surface area contributed by atoms with Crippen LogP contribution in [0.1, 0.15) is 65.4 Å². The first-order valence-electron chi connectivity index (χ1n) is 7.96. The predicted octanol–water partition coefficient (Wildman–Crippen LogP) is 2.76. The number of hydrogen-bond donors (Lipinski definition) is 1. The van der Waals surface area contributed by atoms with E-state index in [1.807, 2.05) is 11.8 Å². The average Bonchev–Trinajstić information content (AvgIpc) is 3.20. The van der Waals surface area contributed by atoms with Gasteiger partial charge in [0.1, 0.15) is 0 Å². The third-order valence-electron chi connectivity index (χ3n) is 4.60. The number of carbonyl (C=O) groups is 1. The second kappa shape index (κ2) is 5.74. The lowest BCUT2D eigenvalue weighted by Crippen LogP contribution is -2.38. The van der Waals surface area contributed by atoms with Crippen LogP contribution in [0.15, 0.2) is 9.00 Å². The number of nitrogens with one attached hydrogen (secondary N) is 1. The highest BCUT2D eigenvalue weighted by Gasteiger charge is 2.33. The van der Waals surface area contributed by atoms with E-state index in [1.54, 1.807) is 0 Å². The van der Waals surface area contributed by atoms with Gasteiger partial charge in [0, 0.05) is 24.9 Å². The first-order valence-corrected chi connectivity index (χ1v) is 8.76. The normalized spacial score (nSPS) is 19.3. The molecule has 0 aromatic carbocycles. The molecule has 4 rings (SSSR count). The minimum atomic E-state index is -0.0137. The fourth-order valence-electron chi connectivity index (χ4n) is 3.08. The predicted molar refractivity (Wildman–Crippen MR) is 85.2 cm³/mol. The number of amides is 1. The van der Waals surface area contributed by atoms with Gasteiger partial charge in [0.15, 0.2) is 11.5 Å². The maximum atomic E-state index is 12.7. The van der Waals surface area contributed by atoms with Crippen molar-refractivity contribution in [3.63, 3.8) is 0 Å². The molecule has 3 heterocycles. The van der Waals surface area contributed by atoms with Crippen LogP contribution in [0.25, 0.3) is 0 Å². The summed E-state index contributed by atoms with van der Waals surface area (Å²) in [4.78, 5) is 18.8. The van der Waals surface area contributed by atoms with E-state index in [2.05, 4.69) is 36.3 Å². The topological polar surface area (TPSA) is 87.9 Å². The van der Waals surface area contributed by atoms with Gasteiger partial charge < -0.3 is 9.42 Å². The second-order valence-electron chi connectivity index (χ2n) is 6.32. The molecule has 0 spiro atoms. The number of aromatic nitrogens is 4. The molecule has 7 nitrogen and oxygen atoms in total. The molecule has 122 valence electrons. The average molecular weight is 380 g/mol. The summed E-state index contributed by atoms with van der Waals surface area (Å²) in [6.07, 6.45) is 4.02. The van der Waals surface area contributed by atoms with Crippen molar-refractivity contribution in [1.82, 2.24) is 25.2 Å². The molecule has 2 aliphatic rings. The van der Waals surface area contributed by atoms with Gasteiger partial charge in [-0.15, -0.1) is 0 Å². The zero-order chi connectivity index (χ0) is 16.0. The third-order valence-corrected chi connectivity index (χ3v) is 5.40. The number of likely N-dealkylation sites (tertiary alicyclic amines) is 1. The van der Waals surface area contributed by atoms with Gasteiger partial charge in [0.05, 0.1) is 10.2 Å². The van der Waals surface area contributed by atoms with Gasteiger partial charge in [-0.25, -0.2) is 0 Å². The van der Waals surface area contributed by atoms with Gasteiger partial charge in [0.25, 0.3) is 5.91 Å². The van der Waals surface area contributed by atoms with E-state index >= 15 is 0 Å². The summed E-state index contributed by atoms with van der Waals surface area (Å²) in [6.45, 7) is 3.18. The smallest absolute Gasteiger partial charge is 0.275 e. The van der Waals surface area contributed by atoms with Crippen molar-refractivity contribution in [1.29, 1.82) is 0 Å². The van der Waals surface area contributed by atoms with E-state index in [9.17, 15) is 4.79 Å². The Morgan fingerprint density at radius 1 is 1.26 bits per heavy atom. The van der Waals surface area contributed by atoms with Gasteiger partial charge in [-0.2, -0.15) is 10.1 Å². The molecule has 1 amide bonds. The molecule has 0 atom stereocenters. The fourth-order valence-corrected chi connectivity index (χ4v) is 3.75. The van der Waals surface area contributed by atoms with E-state index in [0.717, 1.165) is 23.0 Å². The number of carbonyl (C=O) groups excluding carboxylic acids is 1. The molecular formula is C15H18BrN5O2. The molecular weight excluding hydrogens is 362 g/mol. The van der Waals surface area contributed by atoms with Crippen molar-refractivity contribution in [3.8, 4) is 0 Å². The van der Waals surface area contributed by atoms with Crippen molar-refractivity contribution >= 4 is 21.8 Å². The summed E-state index contributed by atoms with van der Waals surface area (Å²) < 4.78 is 6.08. The van der Waals surface area contributed by atoms with Crippen LogP contribution in [-0.2, 0) is 0 Å². The maximum Gasteiger partial charge on any atom is 0.275 e. The number of nitrogens with zero attached hydrogens (tertiary/aromatic N) is 4. The van der Waals surface area contributed by atoms with Crippen LogP contribution in [0.4, 0.5) is 0 Å². The van der Waals surface area contributed by atoms with Crippen LogP contribution >= 0.6 is 15.9 Å². The van der Waals surface area contributed by atoms with Crippen molar-refractivity contribution < 1.29 is 9.32 Å². The Balaban J connectivity index is 1.42. The Morgan fingerprint density at radius 3 is 2.61 bits per heavy atom.